The van der Waals surface area contributed by atoms with Crippen LogP contribution in [0.2, 0.25) is 0 Å². The van der Waals surface area contributed by atoms with Gasteiger partial charge in [0.2, 0.25) is 0 Å². The first-order valence-corrected chi connectivity index (χ1v) is 5.57. The molecule has 1 aliphatic heterocycles. The number of nitrogens with two attached hydrogens (primary N) is 1. The average Bonchev–Trinajstić information content (AvgIpc) is 2.67. The molecule has 0 amide bonds. The van der Waals surface area contributed by atoms with Crippen molar-refractivity contribution in [2.45, 2.75) is 25.6 Å². The molecule has 0 bridgehead atoms. The highest BCUT2D eigenvalue weighted by Crippen LogP contribution is 2.15. The molecule has 1 aromatic rings. The van der Waals surface area contributed by atoms with Gasteiger partial charge < -0.3 is 10.8 Å². The second-order valence-corrected chi connectivity index (χ2v) is 4.31. The van der Waals surface area contributed by atoms with Crippen molar-refractivity contribution >= 4 is 0 Å². The predicted molar refractivity (Wildman–Crippen MR) is 60.2 cm³/mol. The maximum Gasteiger partial charge on any atom is 0.127 e. The van der Waals surface area contributed by atoms with Gasteiger partial charge in [-0.2, -0.15) is 0 Å². The molecular weight excluding hydrogens is 207 g/mol. The Bertz CT molecular complexity index is 370. The normalized spacial score (nSPS) is 21.6. The largest absolute Gasteiger partial charge is 0.392 e. The highest BCUT2D eigenvalue weighted by molar-refractivity contribution is 5.25. The minimum Gasteiger partial charge on any atom is -0.392 e. The third kappa shape index (κ3) is 2.58. The summed E-state index contributed by atoms with van der Waals surface area (Å²) < 4.78 is 13.2. The topological polar surface area (TPSA) is 49.5 Å². The monoisotopic (exact) mass is 224 g/mol. The zero-order valence-electron chi connectivity index (χ0n) is 9.19. The molecule has 0 aliphatic carbocycles. The van der Waals surface area contributed by atoms with Crippen LogP contribution in [0.3, 0.4) is 0 Å². The van der Waals surface area contributed by atoms with Crippen LogP contribution in [-0.2, 0) is 13.1 Å². The average molecular weight is 224 g/mol. The van der Waals surface area contributed by atoms with Crippen LogP contribution in [0.4, 0.5) is 4.39 Å². The number of benzene rings is 1. The van der Waals surface area contributed by atoms with E-state index in [1.54, 1.807) is 12.1 Å². The van der Waals surface area contributed by atoms with Gasteiger partial charge in [0.05, 0.1) is 6.10 Å². The Balaban J connectivity index is 2.04. The van der Waals surface area contributed by atoms with E-state index >= 15 is 0 Å². The van der Waals surface area contributed by atoms with E-state index in [2.05, 4.69) is 4.90 Å². The molecule has 0 saturated carbocycles. The number of aliphatic hydroxyl groups is 1. The number of hydrogen-bond acceptors (Lipinski definition) is 3. The Morgan fingerprint density at radius 1 is 1.50 bits per heavy atom. The molecule has 1 unspecified atom stereocenters. The minimum absolute atomic E-state index is 0.213. The smallest absolute Gasteiger partial charge is 0.127 e. The van der Waals surface area contributed by atoms with Crippen LogP contribution in [0.25, 0.3) is 0 Å². The highest BCUT2D eigenvalue weighted by Gasteiger charge is 2.20. The van der Waals surface area contributed by atoms with Crippen molar-refractivity contribution < 1.29 is 9.50 Å². The third-order valence-electron chi connectivity index (χ3n) is 2.98. The number of aliphatic hydroxyl groups excluding tert-OH is 1. The lowest BCUT2D eigenvalue weighted by atomic mass is 10.1. The molecule has 0 aromatic heterocycles. The van der Waals surface area contributed by atoms with E-state index < -0.39 is 0 Å². The van der Waals surface area contributed by atoms with Crippen LogP contribution in [-0.4, -0.2) is 29.2 Å². The van der Waals surface area contributed by atoms with Gasteiger partial charge in [-0.25, -0.2) is 4.39 Å². The lowest BCUT2D eigenvalue weighted by molar-refractivity contribution is 0.175. The first-order chi connectivity index (χ1) is 7.69. The maximum atomic E-state index is 13.2. The van der Waals surface area contributed by atoms with Gasteiger partial charge in [-0.15, -0.1) is 0 Å². The van der Waals surface area contributed by atoms with Gasteiger partial charge >= 0.3 is 0 Å². The lowest BCUT2D eigenvalue weighted by Gasteiger charge is -2.15. The van der Waals surface area contributed by atoms with Gasteiger partial charge in [-0.3, -0.25) is 4.90 Å². The fraction of sp³-hybridized carbons (Fsp3) is 0.500. The van der Waals surface area contributed by atoms with Gasteiger partial charge in [-0.1, -0.05) is 12.1 Å². The van der Waals surface area contributed by atoms with Crippen LogP contribution < -0.4 is 5.73 Å². The molecule has 1 atom stereocenters. The summed E-state index contributed by atoms with van der Waals surface area (Å²) in [6.07, 6.45) is 0.611. The first kappa shape index (κ1) is 11.5. The molecule has 1 aliphatic rings. The second kappa shape index (κ2) is 4.91. The molecular formula is C12H17FN2O. The molecule has 2 rings (SSSR count). The molecule has 1 aromatic carbocycles. The molecule has 4 heteroatoms. The summed E-state index contributed by atoms with van der Waals surface area (Å²) in [6.45, 7) is 2.58. The van der Waals surface area contributed by atoms with Crippen LogP contribution in [0, 0.1) is 5.82 Å². The van der Waals surface area contributed by atoms with Gasteiger partial charge in [0.15, 0.2) is 0 Å². The van der Waals surface area contributed by atoms with Crippen molar-refractivity contribution in [2.75, 3.05) is 13.1 Å². The quantitative estimate of drug-likeness (QED) is 0.800. The summed E-state index contributed by atoms with van der Waals surface area (Å²) >= 11 is 0. The van der Waals surface area contributed by atoms with E-state index in [4.69, 9.17) is 5.73 Å². The van der Waals surface area contributed by atoms with E-state index in [0.29, 0.717) is 12.1 Å². The molecule has 1 heterocycles. The van der Waals surface area contributed by atoms with E-state index in [0.717, 1.165) is 25.1 Å². The second-order valence-electron chi connectivity index (χ2n) is 4.31. The fourth-order valence-corrected chi connectivity index (χ4v) is 2.10. The summed E-state index contributed by atoms with van der Waals surface area (Å²) in [7, 11) is 0. The molecule has 0 spiro atoms. The van der Waals surface area contributed by atoms with E-state index in [1.165, 1.54) is 6.07 Å². The van der Waals surface area contributed by atoms with Crippen molar-refractivity contribution in [1.29, 1.82) is 0 Å². The number of halogens is 1. The lowest BCUT2D eigenvalue weighted by Crippen LogP contribution is -2.21. The van der Waals surface area contributed by atoms with E-state index in [1.807, 2.05) is 0 Å². The predicted octanol–water partition coefficient (Wildman–Crippen LogP) is 0.851. The highest BCUT2D eigenvalue weighted by atomic mass is 19.1. The van der Waals surface area contributed by atoms with E-state index in [-0.39, 0.29) is 18.5 Å². The van der Waals surface area contributed by atoms with Gasteiger partial charge in [-0.05, 0) is 18.1 Å². The van der Waals surface area contributed by atoms with Crippen LogP contribution in [0.15, 0.2) is 18.2 Å². The molecule has 1 saturated heterocycles. The maximum absolute atomic E-state index is 13.2. The van der Waals surface area contributed by atoms with Gasteiger partial charge in [0.25, 0.3) is 0 Å². The van der Waals surface area contributed by atoms with E-state index in [9.17, 15) is 9.50 Å². The number of β-amino-alcohol motifs (C(OH)–C–C–N with tert-alkyl or cyclic N) is 1. The Labute approximate surface area is 94.7 Å². The first-order valence-electron chi connectivity index (χ1n) is 5.57. The summed E-state index contributed by atoms with van der Waals surface area (Å²) in [5.41, 5.74) is 7.06. The number of hydrogen-bond donors (Lipinski definition) is 2. The van der Waals surface area contributed by atoms with Crippen molar-refractivity contribution in [1.82, 2.24) is 4.90 Å². The molecule has 16 heavy (non-hydrogen) atoms. The van der Waals surface area contributed by atoms with Crippen LogP contribution >= 0.6 is 0 Å². The summed E-state index contributed by atoms with van der Waals surface area (Å²) in [4.78, 5) is 2.16. The zero-order valence-corrected chi connectivity index (χ0v) is 9.19. The van der Waals surface area contributed by atoms with Crippen molar-refractivity contribution in [3.05, 3.63) is 35.1 Å². The van der Waals surface area contributed by atoms with Gasteiger partial charge in [0.1, 0.15) is 5.82 Å². The molecule has 3 nitrogen and oxygen atoms in total. The molecule has 0 radical (unpaired) electrons. The SMILES string of the molecule is NCc1cc(CN2CCC(O)C2)ccc1F. The van der Waals surface area contributed by atoms with Gasteiger partial charge in [0, 0.05) is 31.7 Å². The van der Waals surface area contributed by atoms with Crippen LogP contribution in [0.1, 0.15) is 17.5 Å². The van der Waals surface area contributed by atoms with Crippen molar-refractivity contribution in [2.24, 2.45) is 5.73 Å². The summed E-state index contributed by atoms with van der Waals surface area (Å²) in [5.74, 6) is -0.243. The number of nitrogens with zero attached hydrogens (tertiary/aromatic N) is 1. The zero-order chi connectivity index (χ0) is 11.5. The molecule has 3 N–H and O–H groups in total. The Morgan fingerprint density at radius 2 is 2.31 bits per heavy atom. The van der Waals surface area contributed by atoms with Crippen molar-refractivity contribution in [3.8, 4) is 0 Å². The van der Waals surface area contributed by atoms with Crippen LogP contribution in [0.5, 0.6) is 0 Å². The summed E-state index contributed by atoms with van der Waals surface area (Å²) in [5, 5.41) is 9.40. The molecule has 88 valence electrons. The fourth-order valence-electron chi connectivity index (χ4n) is 2.10. The Hall–Kier alpha value is -0.970. The Morgan fingerprint density at radius 3 is 2.94 bits per heavy atom. The van der Waals surface area contributed by atoms with Crippen molar-refractivity contribution in [3.63, 3.8) is 0 Å². The number of rotatable bonds is 3. The standard InChI is InChI=1S/C12H17FN2O/c13-12-2-1-9(5-10(12)6-14)7-15-4-3-11(16)8-15/h1-2,5,11,16H,3-4,6-8,14H2. The Kier molecular flexibility index (Phi) is 3.53. The minimum atomic E-state index is -0.243. The molecule has 1 fully saturated rings. The third-order valence-corrected chi connectivity index (χ3v) is 2.98. The number of likely N-dealkylation sites (tertiary alicyclic amines) is 1. The summed E-state index contributed by atoms with van der Waals surface area (Å²) in [6, 6.07) is 5.04.